The van der Waals surface area contributed by atoms with Crippen molar-refractivity contribution in [1.82, 2.24) is 4.57 Å². The Morgan fingerprint density at radius 3 is 2.83 bits per heavy atom. The zero-order valence-corrected chi connectivity index (χ0v) is 7.24. The molecule has 0 unspecified atom stereocenters. The van der Waals surface area contributed by atoms with E-state index in [1.807, 2.05) is 0 Å². The quantitative estimate of drug-likeness (QED) is 0.488. The molecule has 1 aromatic rings. The van der Waals surface area contributed by atoms with E-state index in [0.717, 1.165) is 0 Å². The van der Waals surface area contributed by atoms with Gasteiger partial charge in [-0.25, -0.2) is 9.13 Å². The molecular formula is C7H10ClN3O. The van der Waals surface area contributed by atoms with Gasteiger partial charge >= 0.3 is 0 Å². The number of rotatable bonds is 3. The molecule has 1 aromatic heterocycles. The van der Waals surface area contributed by atoms with Crippen LogP contribution in [0.5, 0.6) is 0 Å². The van der Waals surface area contributed by atoms with Crippen molar-refractivity contribution in [3.8, 4) is 0 Å². The van der Waals surface area contributed by atoms with Crippen LogP contribution in [-0.2, 0) is 11.3 Å². The van der Waals surface area contributed by atoms with Crippen molar-refractivity contribution >= 4 is 12.1 Å². The number of carbonyl (C=O) groups excluding carboxylic acids is 1. The van der Waals surface area contributed by atoms with E-state index in [-0.39, 0.29) is 24.9 Å². The Morgan fingerprint density at radius 2 is 2.42 bits per heavy atom. The van der Waals surface area contributed by atoms with Crippen LogP contribution in [0.3, 0.4) is 0 Å². The van der Waals surface area contributed by atoms with Gasteiger partial charge in [0.15, 0.2) is 6.54 Å². The van der Waals surface area contributed by atoms with E-state index in [1.165, 1.54) is 0 Å². The van der Waals surface area contributed by atoms with Gasteiger partial charge in [0, 0.05) is 0 Å². The Labute approximate surface area is 76.7 Å². The van der Waals surface area contributed by atoms with Crippen LogP contribution in [0.4, 0.5) is 0 Å². The molecular weight excluding hydrogens is 178 g/mol. The lowest BCUT2D eigenvalue weighted by atomic mass is 10.6. The highest BCUT2D eigenvalue weighted by Gasteiger charge is 2.02. The summed E-state index contributed by atoms with van der Waals surface area (Å²) in [6, 6.07) is 0. The maximum absolute atomic E-state index is 10.4. The normalized spacial score (nSPS) is 8.67. The molecule has 1 heterocycles. The van der Waals surface area contributed by atoms with Gasteiger partial charge < -0.3 is 18.1 Å². The Kier molecular flexibility index (Phi) is 4.07. The molecule has 66 valence electrons. The second-order valence-corrected chi connectivity index (χ2v) is 2.18. The maximum atomic E-state index is 10.4. The van der Waals surface area contributed by atoms with Gasteiger partial charge in [-0.1, -0.05) is 6.58 Å². The zero-order valence-electron chi connectivity index (χ0n) is 6.48. The second-order valence-electron chi connectivity index (χ2n) is 2.18. The summed E-state index contributed by atoms with van der Waals surface area (Å²) >= 11 is 0. The van der Waals surface area contributed by atoms with Crippen molar-refractivity contribution in [3.63, 3.8) is 0 Å². The van der Waals surface area contributed by atoms with Crippen molar-refractivity contribution in [2.45, 2.75) is 6.54 Å². The standard InChI is InChI=1S/C7H9N3O.ClH/c1-2-9-3-4-10(6-9)5-7(8)11;/h2-4,6H,1,5H2,(H-,8,11);1H. The molecule has 5 heteroatoms. The maximum Gasteiger partial charge on any atom is 0.259 e. The van der Waals surface area contributed by atoms with Gasteiger partial charge in [-0.05, 0) is 0 Å². The molecule has 0 saturated heterocycles. The molecule has 0 aromatic carbocycles. The van der Waals surface area contributed by atoms with Gasteiger partial charge in [0.25, 0.3) is 5.91 Å². The number of nitrogens with zero attached hydrogens (tertiary/aromatic N) is 2. The lowest BCUT2D eigenvalue weighted by Gasteiger charge is -1.87. The molecule has 0 radical (unpaired) electrons. The first-order chi connectivity index (χ1) is 5.22. The van der Waals surface area contributed by atoms with E-state index in [1.54, 1.807) is 34.1 Å². The Morgan fingerprint density at radius 1 is 1.75 bits per heavy atom. The van der Waals surface area contributed by atoms with Crippen LogP contribution in [0.2, 0.25) is 0 Å². The monoisotopic (exact) mass is 187 g/mol. The third kappa shape index (κ3) is 2.75. The van der Waals surface area contributed by atoms with Crippen molar-refractivity contribution in [1.29, 1.82) is 0 Å². The summed E-state index contributed by atoms with van der Waals surface area (Å²) < 4.78 is 3.42. The molecule has 1 rings (SSSR count). The van der Waals surface area contributed by atoms with E-state index in [2.05, 4.69) is 6.58 Å². The molecule has 0 aliphatic heterocycles. The SMILES string of the molecule is C=Cn1cc[n+](CC(N)=O)c1.[Cl-]. The minimum atomic E-state index is -0.350. The number of hydrogen-bond acceptors (Lipinski definition) is 1. The van der Waals surface area contributed by atoms with Crippen LogP contribution in [0.1, 0.15) is 0 Å². The molecule has 4 nitrogen and oxygen atoms in total. The molecule has 2 N–H and O–H groups in total. The fraction of sp³-hybridized carbons (Fsp3) is 0.143. The fourth-order valence-electron chi connectivity index (χ4n) is 0.792. The van der Waals surface area contributed by atoms with E-state index in [0.29, 0.717) is 0 Å². The molecule has 0 saturated carbocycles. The molecule has 12 heavy (non-hydrogen) atoms. The van der Waals surface area contributed by atoms with Gasteiger partial charge in [0.05, 0.1) is 6.20 Å². The first-order valence-electron chi connectivity index (χ1n) is 3.20. The lowest BCUT2D eigenvalue weighted by molar-refractivity contribution is -0.683. The van der Waals surface area contributed by atoms with Crippen LogP contribution in [0.15, 0.2) is 25.3 Å². The smallest absolute Gasteiger partial charge is 0.259 e. The zero-order chi connectivity index (χ0) is 8.27. The van der Waals surface area contributed by atoms with Crippen LogP contribution in [0, 0.1) is 0 Å². The summed E-state index contributed by atoms with van der Waals surface area (Å²) in [6.45, 7) is 3.77. The van der Waals surface area contributed by atoms with Crippen molar-refractivity contribution in [3.05, 3.63) is 25.3 Å². The van der Waals surface area contributed by atoms with Crippen molar-refractivity contribution in [2.75, 3.05) is 0 Å². The highest BCUT2D eigenvalue weighted by molar-refractivity contribution is 5.72. The van der Waals surface area contributed by atoms with Gasteiger partial charge in [-0.2, -0.15) is 0 Å². The van der Waals surface area contributed by atoms with Gasteiger partial charge in [-0.3, -0.25) is 4.79 Å². The van der Waals surface area contributed by atoms with Crippen LogP contribution >= 0.6 is 0 Å². The third-order valence-corrected chi connectivity index (χ3v) is 1.26. The molecule has 0 aliphatic rings. The Hall–Kier alpha value is -1.29. The average molecular weight is 188 g/mol. The first-order valence-corrected chi connectivity index (χ1v) is 3.20. The first kappa shape index (κ1) is 10.7. The number of hydrogen-bond donors (Lipinski definition) is 1. The highest BCUT2D eigenvalue weighted by Crippen LogP contribution is 1.81. The number of aromatic nitrogens is 2. The number of primary amides is 1. The van der Waals surface area contributed by atoms with Crippen molar-refractivity contribution in [2.24, 2.45) is 5.73 Å². The summed E-state index contributed by atoms with van der Waals surface area (Å²) in [6.07, 6.45) is 6.91. The number of carbonyl (C=O) groups is 1. The summed E-state index contributed by atoms with van der Waals surface area (Å²) in [5.74, 6) is -0.350. The van der Waals surface area contributed by atoms with E-state index < -0.39 is 0 Å². The van der Waals surface area contributed by atoms with Gasteiger partial charge in [0.2, 0.25) is 6.33 Å². The predicted octanol–water partition coefficient (Wildman–Crippen LogP) is -3.63. The topological polar surface area (TPSA) is 51.9 Å². The van der Waals surface area contributed by atoms with E-state index >= 15 is 0 Å². The largest absolute Gasteiger partial charge is 1.00 e. The molecule has 0 spiro atoms. The molecule has 0 fully saturated rings. The minimum absolute atomic E-state index is 0. The van der Waals surface area contributed by atoms with Crippen molar-refractivity contribution < 1.29 is 21.8 Å². The second kappa shape index (κ2) is 4.56. The predicted molar refractivity (Wildman–Crippen MR) is 40.2 cm³/mol. The Bertz CT molecular complexity index is 282. The molecule has 0 aliphatic carbocycles. The summed E-state index contributed by atoms with van der Waals surface area (Å²) in [5.41, 5.74) is 4.98. The average Bonchev–Trinajstić information content (AvgIpc) is 2.34. The number of imidazole rings is 1. The third-order valence-electron chi connectivity index (χ3n) is 1.26. The molecule has 0 bridgehead atoms. The van der Waals surface area contributed by atoms with E-state index in [4.69, 9.17) is 5.73 Å². The molecule has 0 atom stereocenters. The Balaban J connectivity index is 0.00000121. The lowest BCUT2D eigenvalue weighted by Crippen LogP contribution is -3.00. The highest BCUT2D eigenvalue weighted by atomic mass is 35.5. The fourth-order valence-corrected chi connectivity index (χ4v) is 0.792. The van der Waals surface area contributed by atoms with Crippen LogP contribution in [0.25, 0.3) is 6.20 Å². The van der Waals surface area contributed by atoms with Crippen LogP contribution in [-0.4, -0.2) is 10.5 Å². The number of nitrogens with two attached hydrogens (primary N) is 1. The van der Waals surface area contributed by atoms with E-state index in [9.17, 15) is 4.79 Å². The molecule has 1 amide bonds. The minimum Gasteiger partial charge on any atom is -1.00 e. The number of halogens is 1. The summed E-state index contributed by atoms with van der Waals surface area (Å²) in [4.78, 5) is 10.4. The van der Waals surface area contributed by atoms with Crippen LogP contribution < -0.4 is 22.7 Å². The summed E-state index contributed by atoms with van der Waals surface area (Å²) in [7, 11) is 0. The van der Waals surface area contributed by atoms with Gasteiger partial charge in [0.1, 0.15) is 12.4 Å². The van der Waals surface area contributed by atoms with Gasteiger partial charge in [-0.15, -0.1) is 0 Å². The number of amides is 1. The summed E-state index contributed by atoms with van der Waals surface area (Å²) in [5, 5.41) is 0.